The molecule has 3 fully saturated rings. The Morgan fingerprint density at radius 1 is 1.17 bits per heavy atom. The Kier molecular flexibility index (Phi) is 14.2. The van der Waals surface area contributed by atoms with Gasteiger partial charge in [0.05, 0.1) is 50.0 Å². The Bertz CT molecular complexity index is 2390. The third kappa shape index (κ3) is 10.0. The molecule has 8 rings (SSSR count). The quantitative estimate of drug-likeness (QED) is 0.215. The van der Waals surface area contributed by atoms with Crippen molar-refractivity contribution in [3.8, 4) is 11.6 Å². The summed E-state index contributed by atoms with van der Waals surface area (Å²) in [5.74, 6) is -3.31. The summed E-state index contributed by atoms with van der Waals surface area (Å²) in [6.07, 6.45) is 5.22. The van der Waals surface area contributed by atoms with Crippen molar-refractivity contribution in [3.63, 3.8) is 0 Å². The minimum atomic E-state index is -4.16. The highest BCUT2D eigenvalue weighted by Gasteiger charge is 2.53. The second-order valence-corrected chi connectivity index (χ2v) is 20.6. The molecule has 5 heterocycles. The molecular formula is C46H60ClFN6O10S. The third-order valence-electron chi connectivity index (χ3n) is 13.8. The third-order valence-corrected chi connectivity index (χ3v) is 15.6. The fourth-order valence-corrected chi connectivity index (χ4v) is 12.2. The molecule has 1 unspecified atom stereocenters. The van der Waals surface area contributed by atoms with Crippen molar-refractivity contribution in [2.45, 2.75) is 62.2 Å². The number of carboxylic acid groups (broad SMARTS) is 1. The average Bonchev–Trinajstić information content (AvgIpc) is 3.88. The first-order chi connectivity index (χ1) is 31.1. The van der Waals surface area contributed by atoms with Crippen LogP contribution in [0.2, 0.25) is 5.02 Å². The minimum Gasteiger partial charge on any atom is -0.490 e. The maximum atomic E-state index is 17.7. The highest BCUT2D eigenvalue weighted by atomic mass is 35.5. The summed E-state index contributed by atoms with van der Waals surface area (Å²) in [7, 11) is 0.257. The summed E-state index contributed by atoms with van der Waals surface area (Å²) in [5.41, 5.74) is 1.01. The molecule has 1 spiro atoms. The number of hydrogen-bond donors (Lipinski definition) is 2. The van der Waals surface area contributed by atoms with Crippen molar-refractivity contribution < 1.29 is 51.2 Å². The van der Waals surface area contributed by atoms with Crippen LogP contribution in [0.15, 0.2) is 54.5 Å². The van der Waals surface area contributed by atoms with Gasteiger partial charge in [-0.1, -0.05) is 24.6 Å². The maximum absolute atomic E-state index is 17.7. The molecule has 3 saturated heterocycles. The molecule has 1 amide bonds. The SMILES string of the molecule is COc1nn(C)cc1C(=O)NS(=O)(=O)C[C@@H](C)C/C=C(\F)C(CN1CCN2CCOC[C@@H]2C1)(OC)[C@@H]1OCC[C@H]1CN1C[C@@]2(CCCc3cc(Cl)ccc32)COc2ccc(C(=O)O)cc21. The van der Waals surface area contributed by atoms with Gasteiger partial charge < -0.3 is 33.7 Å². The predicted octanol–water partition coefficient (Wildman–Crippen LogP) is 4.70. The van der Waals surface area contributed by atoms with Gasteiger partial charge in [0.25, 0.3) is 5.91 Å². The summed E-state index contributed by atoms with van der Waals surface area (Å²) in [6, 6.07) is 11.1. The van der Waals surface area contributed by atoms with Crippen LogP contribution in [0.1, 0.15) is 64.4 Å². The molecule has 0 radical (unpaired) electrons. The number of anilines is 1. The van der Waals surface area contributed by atoms with Gasteiger partial charge in [-0.15, -0.1) is 5.10 Å². The van der Waals surface area contributed by atoms with Gasteiger partial charge in [-0.2, -0.15) is 0 Å². The van der Waals surface area contributed by atoms with E-state index in [0.717, 1.165) is 37.9 Å². The fourth-order valence-electron chi connectivity index (χ4n) is 10.7. The lowest BCUT2D eigenvalue weighted by Crippen LogP contribution is -2.63. The number of methoxy groups -OCH3 is 2. The number of amides is 1. The average molecular weight is 944 g/mol. The zero-order valence-corrected chi connectivity index (χ0v) is 39.0. The van der Waals surface area contributed by atoms with Crippen LogP contribution in [-0.4, -0.2) is 155 Å². The molecule has 2 N–H and O–H groups in total. The van der Waals surface area contributed by atoms with E-state index in [2.05, 4.69) is 30.6 Å². The number of aromatic nitrogens is 2. The summed E-state index contributed by atoms with van der Waals surface area (Å²) < 4.78 is 78.3. The largest absolute Gasteiger partial charge is 0.490 e. The molecule has 1 aliphatic carbocycles. The number of morpholine rings is 1. The van der Waals surface area contributed by atoms with Crippen molar-refractivity contribution in [1.29, 1.82) is 0 Å². The maximum Gasteiger partial charge on any atom is 0.335 e. The van der Waals surface area contributed by atoms with Gasteiger partial charge in [-0.25, -0.2) is 22.3 Å². The number of piperazine rings is 1. The van der Waals surface area contributed by atoms with Crippen LogP contribution in [0.5, 0.6) is 11.6 Å². The van der Waals surface area contributed by atoms with Crippen molar-refractivity contribution in [3.05, 3.63) is 81.8 Å². The number of carboxylic acids is 1. The van der Waals surface area contributed by atoms with Gasteiger partial charge in [-0.05, 0) is 85.6 Å². The molecule has 1 aromatic heterocycles. The van der Waals surface area contributed by atoms with Crippen LogP contribution in [0.25, 0.3) is 0 Å². The van der Waals surface area contributed by atoms with E-state index < -0.39 is 56.5 Å². The Balaban J connectivity index is 1.09. The van der Waals surface area contributed by atoms with Crippen molar-refractivity contribution in [1.82, 2.24) is 24.3 Å². The first-order valence-corrected chi connectivity index (χ1v) is 24.4. The van der Waals surface area contributed by atoms with Gasteiger partial charge in [0.15, 0.2) is 5.60 Å². The number of rotatable bonds is 15. The molecule has 6 atom stereocenters. The number of nitrogens with zero attached hydrogens (tertiary/aromatic N) is 5. The van der Waals surface area contributed by atoms with E-state index in [1.165, 1.54) is 36.7 Å². The molecule has 65 heavy (non-hydrogen) atoms. The Morgan fingerprint density at radius 3 is 2.78 bits per heavy atom. The molecule has 16 nitrogen and oxygen atoms in total. The molecule has 0 bridgehead atoms. The van der Waals surface area contributed by atoms with Gasteiger partial charge in [-0.3, -0.25) is 19.3 Å². The van der Waals surface area contributed by atoms with Gasteiger partial charge in [0.2, 0.25) is 15.9 Å². The van der Waals surface area contributed by atoms with Crippen molar-refractivity contribution >= 4 is 39.2 Å². The van der Waals surface area contributed by atoms with E-state index >= 15 is 4.39 Å². The van der Waals surface area contributed by atoms with Crippen LogP contribution in [0.3, 0.4) is 0 Å². The Labute approximate surface area is 384 Å². The Hall–Kier alpha value is -4.30. The number of hydrogen-bond acceptors (Lipinski definition) is 13. The van der Waals surface area contributed by atoms with Crippen LogP contribution in [-0.2, 0) is 43.1 Å². The summed E-state index contributed by atoms with van der Waals surface area (Å²) in [5, 5.41) is 14.8. The number of halogens is 2. The molecule has 354 valence electrons. The number of aromatic carboxylic acids is 1. The van der Waals surface area contributed by atoms with Gasteiger partial charge in [0, 0.05) is 95.2 Å². The van der Waals surface area contributed by atoms with Crippen LogP contribution in [0, 0.1) is 11.8 Å². The monoisotopic (exact) mass is 942 g/mol. The number of carbonyl (C=O) groups excluding carboxylic acids is 1. The zero-order chi connectivity index (χ0) is 46.1. The highest BCUT2D eigenvalue weighted by Crippen LogP contribution is 2.47. The number of sulfonamides is 1. The summed E-state index contributed by atoms with van der Waals surface area (Å²) in [6.45, 7) is 7.61. The van der Waals surface area contributed by atoms with Crippen molar-refractivity contribution in [2.75, 3.05) is 97.1 Å². The van der Waals surface area contributed by atoms with E-state index in [0.29, 0.717) is 75.5 Å². The second-order valence-electron chi connectivity index (χ2n) is 18.4. The lowest BCUT2D eigenvalue weighted by Gasteiger charge is -2.48. The van der Waals surface area contributed by atoms with Gasteiger partial charge >= 0.3 is 5.97 Å². The fraction of sp³-hybridized carbons (Fsp3) is 0.587. The second kappa shape index (κ2) is 19.5. The molecule has 0 saturated carbocycles. The number of benzene rings is 2. The highest BCUT2D eigenvalue weighted by molar-refractivity contribution is 7.90. The molecular weight excluding hydrogens is 883 g/mol. The first kappa shape index (κ1) is 47.2. The number of nitrogens with one attached hydrogen (secondary N) is 1. The number of fused-ring (bicyclic) bond motifs is 4. The predicted molar refractivity (Wildman–Crippen MR) is 241 cm³/mol. The van der Waals surface area contributed by atoms with E-state index in [4.69, 9.17) is 35.3 Å². The standard InChI is InChI=1S/C46H60ClFN6O10S/c1-30(26-65(58,59)50-42(55)36-24-51(2)49-43(36)60-3)7-12-40(48)46(61-4,28-52-15-16-53-17-19-62-25-35(53)23-52)41-33(13-18-63-41)22-54-27-45(14-5-6-31-20-34(47)9-10-37(31)45)29-64-39-11-8-32(44(56)57)21-38(39)54/h8-12,20-21,24,30,33,35,41H,5-7,13-19,22-23,25-29H2,1-4H3,(H,50,55)(H,56,57)/b40-12-/t30-,33-,35-,41+,45-,46?/m0/s1. The smallest absolute Gasteiger partial charge is 0.335 e. The molecule has 4 aliphatic heterocycles. The minimum absolute atomic E-state index is 0.0124. The topological polar surface area (TPSA) is 174 Å². The number of ether oxygens (including phenoxy) is 5. The van der Waals surface area contributed by atoms with Crippen LogP contribution < -0.4 is 19.1 Å². The van der Waals surface area contributed by atoms with E-state index in [-0.39, 0.29) is 41.9 Å². The normalized spacial score (nSPS) is 25.4. The van der Waals surface area contributed by atoms with Crippen LogP contribution >= 0.6 is 11.6 Å². The Morgan fingerprint density at radius 2 is 2.00 bits per heavy atom. The molecule has 3 aromatic rings. The number of allylic oxidation sites excluding steroid dienone is 1. The van der Waals surface area contributed by atoms with E-state index in [1.807, 2.05) is 12.1 Å². The number of carbonyl (C=O) groups is 2. The lowest BCUT2D eigenvalue weighted by molar-refractivity contribution is -0.132. The van der Waals surface area contributed by atoms with E-state index in [9.17, 15) is 23.1 Å². The van der Waals surface area contributed by atoms with Gasteiger partial charge in [0.1, 0.15) is 17.1 Å². The molecule has 19 heteroatoms. The summed E-state index contributed by atoms with van der Waals surface area (Å²) >= 11 is 6.50. The first-order valence-electron chi connectivity index (χ1n) is 22.4. The summed E-state index contributed by atoms with van der Waals surface area (Å²) in [4.78, 5) is 32.2. The number of aryl methyl sites for hydroxylation is 2. The van der Waals surface area contributed by atoms with Crippen LogP contribution in [0.4, 0.5) is 10.1 Å². The molecule has 2 aromatic carbocycles. The van der Waals surface area contributed by atoms with E-state index in [1.54, 1.807) is 32.2 Å². The lowest BCUT2D eigenvalue weighted by atomic mass is 9.70. The zero-order valence-electron chi connectivity index (χ0n) is 37.5. The van der Waals surface area contributed by atoms with Crippen molar-refractivity contribution in [2.24, 2.45) is 18.9 Å². The molecule has 5 aliphatic rings.